The van der Waals surface area contributed by atoms with Gasteiger partial charge in [-0.3, -0.25) is 4.57 Å². The van der Waals surface area contributed by atoms with Gasteiger partial charge >= 0.3 is 0 Å². The quantitative estimate of drug-likeness (QED) is 0.716. The summed E-state index contributed by atoms with van der Waals surface area (Å²) in [5.41, 5.74) is 0.914. The van der Waals surface area contributed by atoms with Gasteiger partial charge in [-0.1, -0.05) is 0 Å². The molecule has 4 rings (SSSR count). The van der Waals surface area contributed by atoms with Crippen molar-refractivity contribution in [3.05, 3.63) is 60.5 Å². The number of aromatic nitrogens is 4. The summed E-state index contributed by atoms with van der Waals surface area (Å²) in [5, 5.41) is 1.26. The molecular weight excluding hydrogens is 340 g/mol. The summed E-state index contributed by atoms with van der Waals surface area (Å²) < 4.78 is 32.4. The highest BCUT2D eigenvalue weighted by Crippen LogP contribution is 2.27. The van der Waals surface area contributed by atoms with E-state index < -0.39 is 9.84 Å². The van der Waals surface area contributed by atoms with Crippen molar-refractivity contribution in [1.29, 1.82) is 0 Å². The molecule has 0 bridgehead atoms. The molecule has 8 heteroatoms. The van der Waals surface area contributed by atoms with E-state index in [2.05, 4.69) is 9.97 Å². The third kappa shape index (κ3) is 2.85. The standard InChI is InChI=1S/C17H16N4O3S/c1-24-15-4-2-13(3-5-15)20-9-7-18-16(20)17-19-8-10-21(17)14-6-11-25(22,23)12-14/h2-11,14H,12H2,1H3/t14-/m0/s1. The molecule has 128 valence electrons. The molecule has 1 atom stereocenters. The lowest BCUT2D eigenvalue weighted by Crippen LogP contribution is -2.13. The minimum Gasteiger partial charge on any atom is -0.497 e. The summed E-state index contributed by atoms with van der Waals surface area (Å²) in [6.45, 7) is 0. The molecule has 7 nitrogen and oxygen atoms in total. The van der Waals surface area contributed by atoms with Crippen LogP contribution in [0.15, 0.2) is 60.5 Å². The van der Waals surface area contributed by atoms with Crippen molar-refractivity contribution in [3.63, 3.8) is 0 Å². The lowest BCUT2D eigenvalue weighted by Gasteiger charge is -2.14. The number of nitrogens with zero attached hydrogens (tertiary/aromatic N) is 4. The van der Waals surface area contributed by atoms with Crippen LogP contribution in [0.4, 0.5) is 0 Å². The molecule has 0 unspecified atom stereocenters. The summed E-state index contributed by atoms with van der Waals surface area (Å²) in [4.78, 5) is 8.82. The summed E-state index contributed by atoms with van der Waals surface area (Å²) in [6, 6.07) is 7.33. The molecule has 1 aliphatic heterocycles. The van der Waals surface area contributed by atoms with Gasteiger partial charge in [-0.25, -0.2) is 18.4 Å². The molecular formula is C17H16N4O3S. The van der Waals surface area contributed by atoms with Gasteiger partial charge in [0.25, 0.3) is 0 Å². The van der Waals surface area contributed by atoms with E-state index in [9.17, 15) is 8.42 Å². The van der Waals surface area contributed by atoms with Gasteiger partial charge in [-0.05, 0) is 30.3 Å². The highest BCUT2D eigenvalue weighted by molar-refractivity contribution is 7.94. The van der Waals surface area contributed by atoms with Crippen molar-refractivity contribution < 1.29 is 13.2 Å². The van der Waals surface area contributed by atoms with Gasteiger partial charge in [0.05, 0.1) is 18.9 Å². The van der Waals surface area contributed by atoms with Crippen LogP contribution in [-0.2, 0) is 9.84 Å². The number of methoxy groups -OCH3 is 1. The molecule has 0 saturated carbocycles. The van der Waals surface area contributed by atoms with Crippen LogP contribution in [0, 0.1) is 0 Å². The predicted octanol–water partition coefficient (Wildman–Crippen LogP) is 2.23. The first-order valence-electron chi connectivity index (χ1n) is 7.69. The predicted molar refractivity (Wildman–Crippen MR) is 93.3 cm³/mol. The van der Waals surface area contributed by atoms with Crippen molar-refractivity contribution in [1.82, 2.24) is 19.1 Å². The maximum absolute atomic E-state index is 11.7. The van der Waals surface area contributed by atoms with Crippen molar-refractivity contribution in [3.8, 4) is 23.1 Å². The molecule has 2 aromatic heterocycles. The fourth-order valence-electron chi connectivity index (χ4n) is 2.91. The van der Waals surface area contributed by atoms with Crippen LogP contribution in [0.2, 0.25) is 0 Å². The second kappa shape index (κ2) is 5.89. The van der Waals surface area contributed by atoms with Crippen LogP contribution in [0.5, 0.6) is 5.75 Å². The summed E-state index contributed by atoms with van der Waals surface area (Å²) in [7, 11) is -1.52. The van der Waals surface area contributed by atoms with E-state index in [0.717, 1.165) is 11.4 Å². The van der Waals surface area contributed by atoms with Crippen LogP contribution < -0.4 is 4.74 Å². The van der Waals surface area contributed by atoms with Crippen LogP contribution in [0.25, 0.3) is 17.3 Å². The number of ether oxygens (including phenoxy) is 1. The highest BCUT2D eigenvalue weighted by atomic mass is 32.2. The number of rotatable bonds is 4. The number of imidazole rings is 2. The summed E-state index contributed by atoms with van der Waals surface area (Å²) in [5.74, 6) is 2.08. The first kappa shape index (κ1) is 15.6. The van der Waals surface area contributed by atoms with Crippen molar-refractivity contribution in [2.24, 2.45) is 0 Å². The second-order valence-corrected chi connectivity index (χ2v) is 7.63. The monoisotopic (exact) mass is 356 g/mol. The van der Waals surface area contributed by atoms with Gasteiger partial charge in [0, 0.05) is 35.9 Å². The molecule has 1 aliphatic rings. The van der Waals surface area contributed by atoms with E-state index in [1.54, 1.807) is 31.8 Å². The lowest BCUT2D eigenvalue weighted by molar-refractivity contribution is 0.415. The van der Waals surface area contributed by atoms with Gasteiger partial charge in [-0.15, -0.1) is 0 Å². The normalized spacial score (nSPS) is 18.5. The van der Waals surface area contributed by atoms with Crippen LogP contribution >= 0.6 is 0 Å². The number of sulfone groups is 1. The van der Waals surface area contributed by atoms with Crippen LogP contribution in [0.3, 0.4) is 0 Å². The Morgan fingerprint density at radius 2 is 1.80 bits per heavy atom. The van der Waals surface area contributed by atoms with E-state index in [1.807, 2.05) is 39.6 Å². The molecule has 25 heavy (non-hydrogen) atoms. The Hall–Kier alpha value is -2.87. The zero-order valence-corrected chi connectivity index (χ0v) is 14.3. The third-order valence-corrected chi connectivity index (χ3v) is 5.51. The summed E-state index contributed by atoms with van der Waals surface area (Å²) in [6.07, 6.45) is 8.65. The Morgan fingerprint density at radius 1 is 1.08 bits per heavy atom. The largest absolute Gasteiger partial charge is 0.497 e. The average Bonchev–Trinajstić information content (AvgIpc) is 3.32. The number of allylic oxidation sites excluding steroid dienone is 1. The average molecular weight is 356 g/mol. The number of hydrogen-bond acceptors (Lipinski definition) is 5. The number of hydrogen-bond donors (Lipinski definition) is 0. The first-order valence-corrected chi connectivity index (χ1v) is 9.41. The molecule has 0 spiro atoms. The van der Waals surface area contributed by atoms with Gasteiger partial charge in [0.1, 0.15) is 5.75 Å². The fraction of sp³-hybridized carbons (Fsp3) is 0.176. The molecule has 0 radical (unpaired) electrons. The molecule has 0 aliphatic carbocycles. The zero-order valence-electron chi connectivity index (χ0n) is 13.5. The molecule has 1 aromatic carbocycles. The van der Waals surface area contributed by atoms with E-state index in [0.29, 0.717) is 11.6 Å². The van der Waals surface area contributed by atoms with E-state index in [-0.39, 0.29) is 11.8 Å². The van der Waals surface area contributed by atoms with Crippen molar-refractivity contribution in [2.75, 3.05) is 12.9 Å². The Bertz CT molecular complexity index is 1030. The third-order valence-electron chi connectivity index (χ3n) is 4.13. The molecule has 0 fully saturated rings. The first-order chi connectivity index (χ1) is 12.1. The van der Waals surface area contributed by atoms with Crippen molar-refractivity contribution >= 4 is 9.84 Å². The Labute approximate surface area is 145 Å². The van der Waals surface area contributed by atoms with E-state index in [1.165, 1.54) is 5.41 Å². The Balaban J connectivity index is 1.74. The van der Waals surface area contributed by atoms with Gasteiger partial charge < -0.3 is 9.30 Å². The molecule has 3 aromatic rings. The van der Waals surface area contributed by atoms with Gasteiger partial charge in [0.15, 0.2) is 21.5 Å². The molecule has 0 amide bonds. The Kier molecular flexibility index (Phi) is 3.69. The Morgan fingerprint density at radius 3 is 2.48 bits per heavy atom. The van der Waals surface area contributed by atoms with Crippen LogP contribution in [0.1, 0.15) is 6.04 Å². The lowest BCUT2D eigenvalue weighted by atomic mass is 10.3. The topological polar surface area (TPSA) is 79.0 Å². The minimum atomic E-state index is -3.15. The second-order valence-electron chi connectivity index (χ2n) is 5.70. The fourth-order valence-corrected chi connectivity index (χ4v) is 4.19. The maximum Gasteiger partial charge on any atom is 0.181 e. The van der Waals surface area contributed by atoms with Crippen LogP contribution in [-0.4, -0.2) is 40.4 Å². The summed E-state index contributed by atoms with van der Waals surface area (Å²) >= 11 is 0. The van der Waals surface area contributed by atoms with E-state index >= 15 is 0 Å². The molecule has 0 saturated heterocycles. The highest BCUT2D eigenvalue weighted by Gasteiger charge is 2.26. The van der Waals surface area contributed by atoms with E-state index in [4.69, 9.17) is 4.74 Å². The smallest absolute Gasteiger partial charge is 0.181 e. The zero-order chi connectivity index (χ0) is 17.4. The molecule has 0 N–H and O–H groups in total. The minimum absolute atomic E-state index is 0.0413. The molecule has 3 heterocycles. The van der Waals surface area contributed by atoms with Gasteiger partial charge in [-0.2, -0.15) is 0 Å². The maximum atomic E-state index is 11.7. The van der Waals surface area contributed by atoms with Gasteiger partial charge in [0.2, 0.25) is 0 Å². The SMILES string of the molecule is COc1ccc(-n2ccnc2-c2nccn2[C@H]2C=CS(=O)(=O)C2)cc1. The van der Waals surface area contributed by atoms with Crippen molar-refractivity contribution in [2.45, 2.75) is 6.04 Å². The number of benzene rings is 1.